The summed E-state index contributed by atoms with van der Waals surface area (Å²) in [6.45, 7) is 3.75. The fraction of sp³-hybridized carbons (Fsp3) is 0.312. The van der Waals surface area contributed by atoms with Crippen LogP contribution in [0.3, 0.4) is 0 Å². The maximum Gasteiger partial charge on any atom is 0.170 e. The first-order valence-electron chi connectivity index (χ1n) is 5.90. The second-order valence-corrected chi connectivity index (χ2v) is 4.64. The van der Waals surface area contributed by atoms with Crippen LogP contribution in [0.15, 0.2) is 36.9 Å². The van der Waals surface area contributed by atoms with E-state index < -0.39 is 5.41 Å². The summed E-state index contributed by atoms with van der Waals surface area (Å²) in [7, 11) is 0. The fourth-order valence-electron chi connectivity index (χ4n) is 2.64. The summed E-state index contributed by atoms with van der Waals surface area (Å²) in [6.07, 6.45) is 10.2. The van der Waals surface area contributed by atoms with Gasteiger partial charge in [0.05, 0.1) is 0 Å². The second-order valence-electron chi connectivity index (χ2n) is 4.64. The van der Waals surface area contributed by atoms with Crippen LogP contribution in [-0.4, -0.2) is 5.78 Å². The summed E-state index contributed by atoms with van der Waals surface area (Å²) >= 11 is 0. The van der Waals surface area contributed by atoms with Gasteiger partial charge in [-0.1, -0.05) is 30.3 Å². The van der Waals surface area contributed by atoms with E-state index in [4.69, 9.17) is 6.42 Å². The molecule has 1 atom stereocenters. The van der Waals surface area contributed by atoms with E-state index in [0.29, 0.717) is 12.8 Å². The lowest BCUT2D eigenvalue weighted by atomic mass is 9.67. The number of carbonyl (C=O) groups excluding carboxylic acids is 1. The van der Waals surface area contributed by atoms with Gasteiger partial charge in [0.1, 0.15) is 0 Å². The quantitative estimate of drug-likeness (QED) is 0.568. The molecule has 0 saturated heterocycles. The Morgan fingerprint density at radius 2 is 2.24 bits per heavy atom. The summed E-state index contributed by atoms with van der Waals surface area (Å²) in [5, 5.41) is 0. The third kappa shape index (κ3) is 1.91. The summed E-state index contributed by atoms with van der Waals surface area (Å²) in [4.78, 5) is 12.6. The van der Waals surface area contributed by atoms with Gasteiger partial charge in [-0.25, -0.2) is 0 Å². The molecule has 0 amide bonds. The maximum absolute atomic E-state index is 12.6. The molecule has 1 heteroatoms. The molecule has 0 bridgehead atoms. The molecule has 0 heterocycles. The Kier molecular flexibility index (Phi) is 3.15. The number of rotatable bonds is 3. The van der Waals surface area contributed by atoms with Crippen molar-refractivity contribution in [2.24, 2.45) is 5.41 Å². The normalized spacial score (nSPS) is 22.6. The lowest BCUT2D eigenvalue weighted by molar-refractivity contribution is 0.0766. The van der Waals surface area contributed by atoms with Crippen molar-refractivity contribution in [1.29, 1.82) is 0 Å². The van der Waals surface area contributed by atoms with E-state index in [0.717, 1.165) is 24.0 Å². The lowest BCUT2D eigenvalue weighted by Crippen LogP contribution is -2.35. The van der Waals surface area contributed by atoms with Crippen molar-refractivity contribution in [2.75, 3.05) is 0 Å². The molecule has 0 saturated carbocycles. The first kappa shape index (κ1) is 11.7. The average molecular weight is 224 g/mol. The molecule has 17 heavy (non-hydrogen) atoms. The molecule has 1 unspecified atom stereocenters. The van der Waals surface area contributed by atoms with Crippen molar-refractivity contribution in [3.63, 3.8) is 0 Å². The summed E-state index contributed by atoms with van der Waals surface area (Å²) < 4.78 is 0. The molecule has 1 aromatic rings. The minimum Gasteiger partial charge on any atom is -0.293 e. The predicted octanol–water partition coefficient (Wildman–Crippen LogP) is 3.40. The van der Waals surface area contributed by atoms with E-state index in [1.165, 1.54) is 0 Å². The molecular formula is C16H16O. The maximum atomic E-state index is 12.6. The van der Waals surface area contributed by atoms with Gasteiger partial charge in [-0.05, 0) is 24.8 Å². The number of hydrogen-bond donors (Lipinski definition) is 0. The number of ketones is 1. The topological polar surface area (TPSA) is 17.1 Å². The number of allylic oxidation sites excluding steroid dienone is 1. The van der Waals surface area contributed by atoms with Gasteiger partial charge in [-0.15, -0.1) is 18.9 Å². The molecule has 0 radical (unpaired) electrons. The van der Waals surface area contributed by atoms with Crippen LogP contribution in [0.2, 0.25) is 0 Å². The lowest BCUT2D eigenvalue weighted by Gasteiger charge is -2.34. The van der Waals surface area contributed by atoms with E-state index in [9.17, 15) is 4.79 Å². The fourth-order valence-corrected chi connectivity index (χ4v) is 2.64. The number of Topliss-reactive ketones (excluding diaryl/α,β-unsaturated/α-hetero) is 1. The monoisotopic (exact) mass is 224 g/mol. The molecule has 0 aliphatic heterocycles. The van der Waals surface area contributed by atoms with Gasteiger partial charge in [-0.3, -0.25) is 4.79 Å². The van der Waals surface area contributed by atoms with E-state index in [2.05, 4.69) is 12.5 Å². The van der Waals surface area contributed by atoms with E-state index in [1.54, 1.807) is 0 Å². The van der Waals surface area contributed by atoms with E-state index in [-0.39, 0.29) is 5.78 Å². The van der Waals surface area contributed by atoms with Crippen LogP contribution in [-0.2, 0) is 6.42 Å². The summed E-state index contributed by atoms with van der Waals surface area (Å²) in [6, 6.07) is 7.83. The number of fused-ring (bicyclic) bond motifs is 1. The van der Waals surface area contributed by atoms with Gasteiger partial charge in [0, 0.05) is 17.4 Å². The van der Waals surface area contributed by atoms with Gasteiger partial charge >= 0.3 is 0 Å². The highest BCUT2D eigenvalue weighted by Gasteiger charge is 2.40. The van der Waals surface area contributed by atoms with Crippen molar-refractivity contribution >= 4 is 5.78 Å². The summed E-state index contributed by atoms with van der Waals surface area (Å²) in [5.74, 6) is 2.85. The molecule has 0 N–H and O–H groups in total. The highest BCUT2D eigenvalue weighted by molar-refractivity contribution is 6.03. The SMILES string of the molecule is C#CCC1(CC=C)CCc2ccccc2C1=O. The van der Waals surface area contributed by atoms with Crippen molar-refractivity contribution in [2.45, 2.75) is 25.7 Å². The minimum atomic E-state index is -0.412. The molecule has 86 valence electrons. The predicted molar refractivity (Wildman–Crippen MR) is 69.8 cm³/mol. The third-order valence-corrected chi connectivity index (χ3v) is 3.59. The van der Waals surface area contributed by atoms with Crippen LogP contribution < -0.4 is 0 Å². The number of aryl methyl sites for hydroxylation is 1. The van der Waals surface area contributed by atoms with Gasteiger partial charge in [0.15, 0.2) is 5.78 Å². The van der Waals surface area contributed by atoms with Gasteiger partial charge in [0.25, 0.3) is 0 Å². The highest BCUT2D eigenvalue weighted by Crippen LogP contribution is 2.41. The van der Waals surface area contributed by atoms with Crippen LogP contribution in [0.25, 0.3) is 0 Å². The zero-order valence-electron chi connectivity index (χ0n) is 9.91. The molecule has 0 fully saturated rings. The molecular weight excluding hydrogens is 208 g/mol. The number of terminal acetylenes is 1. The number of benzene rings is 1. The molecule has 1 aromatic carbocycles. The zero-order chi connectivity index (χ0) is 12.3. The van der Waals surface area contributed by atoms with E-state index >= 15 is 0 Å². The number of carbonyl (C=O) groups is 1. The summed E-state index contributed by atoms with van der Waals surface area (Å²) in [5.41, 5.74) is 1.58. The second kappa shape index (κ2) is 4.59. The van der Waals surface area contributed by atoms with Crippen LogP contribution in [0.5, 0.6) is 0 Å². The molecule has 1 aliphatic rings. The smallest absolute Gasteiger partial charge is 0.170 e. The Hall–Kier alpha value is -1.81. The first-order valence-corrected chi connectivity index (χ1v) is 5.90. The molecule has 0 spiro atoms. The van der Waals surface area contributed by atoms with Crippen LogP contribution in [0.4, 0.5) is 0 Å². The molecule has 1 nitrogen and oxygen atoms in total. The largest absolute Gasteiger partial charge is 0.293 e. The minimum absolute atomic E-state index is 0.192. The Labute approximate surface area is 103 Å². The first-order chi connectivity index (χ1) is 8.23. The Bertz CT molecular complexity index is 492. The van der Waals surface area contributed by atoms with Crippen molar-refractivity contribution in [3.8, 4) is 12.3 Å². The van der Waals surface area contributed by atoms with Gasteiger partial charge < -0.3 is 0 Å². The molecule has 2 rings (SSSR count). The van der Waals surface area contributed by atoms with Crippen LogP contribution >= 0.6 is 0 Å². The molecule has 1 aliphatic carbocycles. The van der Waals surface area contributed by atoms with Gasteiger partial charge in [-0.2, -0.15) is 0 Å². The highest BCUT2D eigenvalue weighted by atomic mass is 16.1. The van der Waals surface area contributed by atoms with Crippen molar-refractivity contribution in [3.05, 3.63) is 48.0 Å². The van der Waals surface area contributed by atoms with Crippen LogP contribution in [0.1, 0.15) is 35.2 Å². The third-order valence-electron chi connectivity index (χ3n) is 3.59. The Morgan fingerprint density at radius 1 is 1.47 bits per heavy atom. The van der Waals surface area contributed by atoms with E-state index in [1.807, 2.05) is 30.3 Å². The molecule has 0 aromatic heterocycles. The Balaban J connectivity index is 2.44. The number of hydrogen-bond acceptors (Lipinski definition) is 1. The van der Waals surface area contributed by atoms with Crippen molar-refractivity contribution < 1.29 is 4.79 Å². The average Bonchev–Trinajstić information content (AvgIpc) is 2.35. The standard InChI is InChI=1S/C16H16O/c1-3-10-16(11-4-2)12-9-13-7-5-6-8-14(13)15(16)17/h1,4-8H,2,9-12H2. The van der Waals surface area contributed by atoms with Crippen LogP contribution in [0, 0.1) is 17.8 Å². The Morgan fingerprint density at radius 3 is 2.94 bits per heavy atom. The van der Waals surface area contributed by atoms with Gasteiger partial charge in [0.2, 0.25) is 0 Å². The van der Waals surface area contributed by atoms with Crippen molar-refractivity contribution in [1.82, 2.24) is 0 Å². The zero-order valence-corrected chi connectivity index (χ0v) is 9.91.